The molecule has 12 heteroatoms. The van der Waals surface area contributed by atoms with Gasteiger partial charge in [0, 0.05) is 69.0 Å². The second kappa shape index (κ2) is 17.4. The maximum atomic E-state index is 13.4. The normalized spacial score (nSPS) is 20.3. The number of hydrogen-bond acceptors (Lipinski definition) is 10. The van der Waals surface area contributed by atoms with E-state index >= 15 is 0 Å². The largest absolute Gasteiger partial charge is 0.385 e. The van der Waals surface area contributed by atoms with Crippen LogP contribution in [-0.4, -0.2) is 81.7 Å². The van der Waals surface area contributed by atoms with E-state index in [2.05, 4.69) is 80.6 Å². The van der Waals surface area contributed by atoms with Gasteiger partial charge in [-0.3, -0.25) is 9.36 Å². The van der Waals surface area contributed by atoms with Crippen LogP contribution in [0, 0.1) is 12.7 Å². The molecule has 6 heterocycles. The molecule has 2 aromatic heterocycles. The minimum atomic E-state index is -0.641. The van der Waals surface area contributed by atoms with Gasteiger partial charge in [0.2, 0.25) is 0 Å². The molecule has 0 saturated carbocycles. The molecule has 9 rings (SSSR count). The fourth-order valence-electron chi connectivity index (χ4n) is 8.94. The third-order valence-electron chi connectivity index (χ3n) is 12.2. The second-order valence-electron chi connectivity index (χ2n) is 15.7. The number of para-hydroxylation sites is 1. The molecular weight excluding hydrogens is 744 g/mol. The highest BCUT2D eigenvalue weighted by molar-refractivity contribution is 8.00. The summed E-state index contributed by atoms with van der Waals surface area (Å²) in [7, 11) is 2.30. The number of piperidine rings is 2. The summed E-state index contributed by atoms with van der Waals surface area (Å²) in [6, 6.07) is 21.1. The Morgan fingerprint density at radius 2 is 1.75 bits per heavy atom. The van der Waals surface area contributed by atoms with E-state index in [9.17, 15) is 14.3 Å². The van der Waals surface area contributed by atoms with Crippen molar-refractivity contribution in [3.8, 4) is 0 Å². The third-order valence-corrected chi connectivity index (χ3v) is 14.1. The summed E-state index contributed by atoms with van der Waals surface area (Å²) < 4.78 is 20.4. The molecule has 4 aliphatic rings. The predicted molar refractivity (Wildman–Crippen MR) is 224 cm³/mol. The van der Waals surface area contributed by atoms with E-state index in [4.69, 9.17) is 4.52 Å². The maximum Gasteiger partial charge on any atom is 0.257 e. The Hall–Kier alpha value is -3.68. The molecule has 2 atom stereocenters. The summed E-state index contributed by atoms with van der Waals surface area (Å²) in [6.07, 6.45) is 10.9. The molecule has 2 fully saturated rings. The highest BCUT2D eigenvalue weighted by atomic mass is 32.2. The van der Waals surface area contributed by atoms with E-state index in [0.29, 0.717) is 36.7 Å². The van der Waals surface area contributed by atoms with Gasteiger partial charge < -0.3 is 24.3 Å². The van der Waals surface area contributed by atoms with Gasteiger partial charge in [0.1, 0.15) is 17.7 Å². The lowest BCUT2D eigenvalue weighted by atomic mass is 9.91. The summed E-state index contributed by atoms with van der Waals surface area (Å²) in [6.45, 7) is 7.48. The van der Waals surface area contributed by atoms with Crippen LogP contribution in [0.4, 0.5) is 15.8 Å². The number of fused-ring (bicyclic) bond motifs is 4. The fraction of sp³-hybridized carbons (Fsp3) is 0.477. The number of anilines is 2. The van der Waals surface area contributed by atoms with E-state index in [1.807, 2.05) is 30.4 Å². The average molecular weight is 797 g/mol. The summed E-state index contributed by atoms with van der Waals surface area (Å²) >= 11 is 3.73. The van der Waals surface area contributed by atoms with Crippen molar-refractivity contribution >= 4 is 45.9 Å². The summed E-state index contributed by atoms with van der Waals surface area (Å²) in [4.78, 5) is 29.1. The van der Waals surface area contributed by atoms with E-state index in [1.165, 1.54) is 70.4 Å². The van der Waals surface area contributed by atoms with Gasteiger partial charge in [-0.2, -0.15) is 0 Å². The monoisotopic (exact) mass is 796 g/mol. The fourth-order valence-corrected chi connectivity index (χ4v) is 10.5. The van der Waals surface area contributed by atoms with Crippen molar-refractivity contribution in [3.05, 3.63) is 99.6 Å². The molecule has 3 aromatic carbocycles. The Morgan fingerprint density at radius 1 is 0.929 bits per heavy atom. The number of halogens is 1. The lowest BCUT2D eigenvalue weighted by molar-refractivity contribution is 0.129. The average Bonchev–Trinajstić information content (AvgIpc) is 3.64. The zero-order chi connectivity index (χ0) is 38.8. The molecule has 9 nitrogen and oxygen atoms in total. The predicted octanol–water partition coefficient (Wildman–Crippen LogP) is 8.97. The van der Waals surface area contributed by atoms with Crippen LogP contribution in [0.2, 0.25) is 0 Å². The molecule has 1 N–H and O–H groups in total. The van der Waals surface area contributed by atoms with Crippen molar-refractivity contribution in [2.24, 2.45) is 0 Å². The van der Waals surface area contributed by atoms with E-state index in [0.717, 1.165) is 73.8 Å². The molecule has 5 aromatic rings. The van der Waals surface area contributed by atoms with Gasteiger partial charge in [0.15, 0.2) is 5.58 Å². The molecule has 4 aliphatic heterocycles. The van der Waals surface area contributed by atoms with Crippen LogP contribution in [0.1, 0.15) is 86.2 Å². The van der Waals surface area contributed by atoms with Crippen molar-refractivity contribution in [2.75, 3.05) is 50.9 Å². The minimum absolute atomic E-state index is 0.00237. The Labute approximate surface area is 337 Å². The van der Waals surface area contributed by atoms with Gasteiger partial charge in [0.05, 0.1) is 17.1 Å². The van der Waals surface area contributed by atoms with Gasteiger partial charge in [-0.25, -0.2) is 9.37 Å². The zero-order valence-electron chi connectivity index (χ0n) is 32.8. The van der Waals surface area contributed by atoms with Gasteiger partial charge in [-0.15, -0.1) is 11.8 Å². The Bertz CT molecular complexity index is 2220. The van der Waals surface area contributed by atoms with Crippen LogP contribution in [0.3, 0.4) is 0 Å². The van der Waals surface area contributed by atoms with Crippen LogP contribution < -0.4 is 10.5 Å². The maximum absolute atomic E-state index is 13.4. The smallest absolute Gasteiger partial charge is 0.257 e. The van der Waals surface area contributed by atoms with Crippen molar-refractivity contribution < 1.29 is 14.0 Å². The number of rotatable bonds is 8. The number of likely N-dealkylation sites (tertiary alicyclic amines) is 2. The lowest BCUT2D eigenvalue weighted by Crippen LogP contribution is -2.38. The molecule has 0 radical (unpaired) electrons. The molecule has 0 bridgehead atoms. The number of hydrogen-bond donors (Lipinski definition) is 1. The second-order valence-corrected chi connectivity index (χ2v) is 17.7. The van der Waals surface area contributed by atoms with Crippen molar-refractivity contribution in [3.63, 3.8) is 0 Å². The SMILES string of the molecule is CSc1ccc2c(c1)N(CCC1CCCCN1C)c1ccccc1S2.Cc1nc2n(c(=O)c1CCN1CCC(c3noc4cc(F)ccc34)CC1)CCC[C@H]2O. The Balaban J connectivity index is 0.000000161. The number of aliphatic hydroxyl groups excluding tert-OH is 1. The van der Waals surface area contributed by atoms with Crippen molar-refractivity contribution in [1.82, 2.24) is 24.5 Å². The first-order chi connectivity index (χ1) is 27.3. The number of thioether (sulfide) groups is 1. The summed E-state index contributed by atoms with van der Waals surface area (Å²) in [5, 5.41) is 15.3. The number of nitrogens with zero attached hydrogens (tertiary/aromatic N) is 6. The standard InChI is InChI=1S/C23H27FN4O3.C21H26N2S2/c1-14-17(23(30)28-9-2-3-19(29)22(28)25-14)8-12-27-10-6-15(7-11-27)21-18-5-4-16(24)13-20(18)31-26-21;1-22-13-6-5-7-16(22)12-14-23-18-8-3-4-9-20(18)25-21-11-10-17(24-2)15-19(21)23/h4-5,13,15,19,29H,2-3,6-12H2,1H3;3-4,8-11,15-16H,5-7,12-14H2,1-2H3/t19-;/m1./s1. The van der Waals surface area contributed by atoms with Gasteiger partial charge in [0.25, 0.3) is 5.56 Å². The molecule has 0 spiro atoms. The number of aliphatic hydroxyl groups is 1. The molecule has 2 saturated heterocycles. The van der Waals surface area contributed by atoms with Gasteiger partial charge >= 0.3 is 0 Å². The van der Waals surface area contributed by atoms with E-state index in [-0.39, 0.29) is 11.4 Å². The van der Waals surface area contributed by atoms with Crippen LogP contribution >= 0.6 is 23.5 Å². The summed E-state index contributed by atoms with van der Waals surface area (Å²) in [5.74, 6) is 0.489. The van der Waals surface area contributed by atoms with E-state index < -0.39 is 6.10 Å². The molecule has 0 aliphatic carbocycles. The van der Waals surface area contributed by atoms with E-state index in [1.54, 1.807) is 10.6 Å². The van der Waals surface area contributed by atoms with Crippen LogP contribution in [-0.2, 0) is 13.0 Å². The summed E-state index contributed by atoms with van der Waals surface area (Å²) in [5.41, 5.74) is 5.65. The topological polar surface area (TPSA) is 90.9 Å². The first kappa shape index (κ1) is 39.2. The third kappa shape index (κ3) is 8.32. The number of aryl methyl sites for hydroxylation is 1. The Morgan fingerprint density at radius 3 is 2.57 bits per heavy atom. The molecule has 56 heavy (non-hydrogen) atoms. The number of aromatic nitrogens is 3. The highest BCUT2D eigenvalue weighted by Gasteiger charge is 2.28. The van der Waals surface area contributed by atoms with Crippen molar-refractivity contribution in [2.45, 2.75) is 104 Å². The quantitative estimate of drug-likeness (QED) is 0.154. The highest BCUT2D eigenvalue weighted by Crippen LogP contribution is 2.49. The molecule has 0 amide bonds. The Kier molecular flexibility index (Phi) is 12.2. The van der Waals surface area contributed by atoms with Crippen LogP contribution in [0.15, 0.2) is 84.7 Å². The van der Waals surface area contributed by atoms with Crippen LogP contribution in [0.25, 0.3) is 11.0 Å². The van der Waals surface area contributed by atoms with Gasteiger partial charge in [-0.05, 0) is 134 Å². The minimum Gasteiger partial charge on any atom is -0.385 e. The molecule has 296 valence electrons. The first-order valence-electron chi connectivity index (χ1n) is 20.3. The zero-order valence-corrected chi connectivity index (χ0v) is 34.4. The molecule has 1 unspecified atom stereocenters. The van der Waals surface area contributed by atoms with Crippen LogP contribution in [0.5, 0.6) is 0 Å². The molecular formula is C44H53FN6O3S2. The number of benzene rings is 3. The first-order valence-corrected chi connectivity index (χ1v) is 22.3. The lowest BCUT2D eigenvalue weighted by Gasteiger charge is -2.37. The van der Waals surface area contributed by atoms with Gasteiger partial charge in [-0.1, -0.05) is 35.5 Å². The van der Waals surface area contributed by atoms with Crippen molar-refractivity contribution in [1.29, 1.82) is 0 Å².